The van der Waals surface area contributed by atoms with Crippen LogP contribution in [0.25, 0.3) is 22.2 Å². The number of rotatable bonds is 6. The normalized spacial score (nSPS) is 10.7. The molecule has 0 aliphatic rings. The Balaban J connectivity index is 1.36. The van der Waals surface area contributed by atoms with E-state index in [1.165, 1.54) is 0 Å². The van der Waals surface area contributed by atoms with Gasteiger partial charge in [0, 0.05) is 29.0 Å². The van der Waals surface area contributed by atoms with Gasteiger partial charge in [0.05, 0.1) is 16.8 Å². The highest BCUT2D eigenvalue weighted by atomic mass is 16.5. The zero-order chi connectivity index (χ0) is 22.5. The van der Waals surface area contributed by atoms with E-state index in [0.29, 0.717) is 23.6 Å². The number of benzene rings is 3. The standard InChI is InChI=1S/C28H21N3O2/c32-28(30-22-14-12-20(13-15-22)19-33-23-8-2-1-3-9-23)25-17-27(21-7-6-16-29-18-21)31-26-11-5-4-10-24(25)26/h1-18H,19H2,(H,30,32). The van der Waals surface area contributed by atoms with Gasteiger partial charge in [-0.25, -0.2) is 4.98 Å². The minimum Gasteiger partial charge on any atom is -0.489 e. The van der Waals surface area contributed by atoms with Gasteiger partial charge >= 0.3 is 0 Å². The van der Waals surface area contributed by atoms with Crippen molar-refractivity contribution in [2.24, 2.45) is 0 Å². The van der Waals surface area contributed by atoms with E-state index >= 15 is 0 Å². The molecule has 0 radical (unpaired) electrons. The number of carbonyl (C=O) groups is 1. The number of ether oxygens (including phenoxy) is 1. The first-order valence-corrected chi connectivity index (χ1v) is 10.6. The molecule has 0 spiro atoms. The number of aromatic nitrogens is 2. The second-order valence-corrected chi connectivity index (χ2v) is 7.57. The highest BCUT2D eigenvalue weighted by Crippen LogP contribution is 2.25. The molecule has 2 aromatic heterocycles. The molecule has 5 nitrogen and oxygen atoms in total. The van der Waals surface area contributed by atoms with Crippen LogP contribution in [0.15, 0.2) is 109 Å². The molecule has 33 heavy (non-hydrogen) atoms. The van der Waals surface area contributed by atoms with Gasteiger partial charge in [0.2, 0.25) is 0 Å². The molecule has 0 aliphatic heterocycles. The molecular formula is C28H21N3O2. The molecule has 5 rings (SSSR count). The van der Waals surface area contributed by atoms with Gasteiger partial charge in [-0.15, -0.1) is 0 Å². The summed E-state index contributed by atoms with van der Waals surface area (Å²) in [7, 11) is 0. The van der Waals surface area contributed by atoms with Crippen molar-refractivity contribution in [3.05, 3.63) is 121 Å². The second-order valence-electron chi connectivity index (χ2n) is 7.57. The maximum atomic E-state index is 13.2. The third kappa shape index (κ3) is 4.72. The summed E-state index contributed by atoms with van der Waals surface area (Å²) in [6, 6.07) is 30.6. The van der Waals surface area contributed by atoms with Crippen molar-refractivity contribution >= 4 is 22.5 Å². The molecule has 0 unspecified atom stereocenters. The Morgan fingerprint density at radius 3 is 2.42 bits per heavy atom. The zero-order valence-electron chi connectivity index (χ0n) is 17.8. The lowest BCUT2D eigenvalue weighted by molar-refractivity contribution is 0.102. The Labute approximate surface area is 191 Å². The molecule has 0 bridgehead atoms. The molecule has 0 saturated carbocycles. The number of para-hydroxylation sites is 2. The number of nitrogens with one attached hydrogen (secondary N) is 1. The summed E-state index contributed by atoms with van der Waals surface area (Å²) in [4.78, 5) is 22.1. The number of fused-ring (bicyclic) bond motifs is 1. The zero-order valence-corrected chi connectivity index (χ0v) is 17.8. The molecule has 1 amide bonds. The molecular weight excluding hydrogens is 410 g/mol. The van der Waals surface area contributed by atoms with Crippen molar-refractivity contribution in [2.75, 3.05) is 5.32 Å². The molecule has 0 atom stereocenters. The number of nitrogens with zero attached hydrogens (tertiary/aromatic N) is 2. The van der Waals surface area contributed by atoms with E-state index in [9.17, 15) is 4.79 Å². The van der Waals surface area contributed by atoms with Crippen molar-refractivity contribution < 1.29 is 9.53 Å². The van der Waals surface area contributed by atoms with Gasteiger partial charge in [0.1, 0.15) is 12.4 Å². The second kappa shape index (κ2) is 9.32. The Morgan fingerprint density at radius 1 is 0.848 bits per heavy atom. The quantitative estimate of drug-likeness (QED) is 0.351. The average Bonchev–Trinajstić information content (AvgIpc) is 2.88. The topological polar surface area (TPSA) is 64.1 Å². The predicted molar refractivity (Wildman–Crippen MR) is 130 cm³/mol. The summed E-state index contributed by atoms with van der Waals surface area (Å²) in [5.41, 5.74) is 4.63. The monoisotopic (exact) mass is 431 g/mol. The Kier molecular flexibility index (Phi) is 5.76. The van der Waals surface area contributed by atoms with Crippen LogP contribution in [0.4, 0.5) is 5.69 Å². The van der Waals surface area contributed by atoms with E-state index in [1.54, 1.807) is 12.4 Å². The largest absolute Gasteiger partial charge is 0.489 e. The van der Waals surface area contributed by atoms with Gasteiger partial charge in [0.25, 0.3) is 5.91 Å². The molecule has 0 fully saturated rings. The maximum absolute atomic E-state index is 13.2. The molecule has 5 heteroatoms. The molecule has 0 aliphatic carbocycles. The van der Waals surface area contributed by atoms with Gasteiger partial charge in [-0.1, -0.05) is 48.5 Å². The molecule has 2 heterocycles. The van der Waals surface area contributed by atoms with Crippen molar-refractivity contribution in [1.29, 1.82) is 0 Å². The lowest BCUT2D eigenvalue weighted by Gasteiger charge is -2.11. The first kappa shape index (κ1) is 20.4. The predicted octanol–water partition coefficient (Wildman–Crippen LogP) is 6.13. The van der Waals surface area contributed by atoms with Gasteiger partial charge in [0.15, 0.2) is 0 Å². The molecule has 160 valence electrons. The number of hydrogen-bond acceptors (Lipinski definition) is 4. The van der Waals surface area contributed by atoms with Gasteiger partial charge in [-0.05, 0) is 54.1 Å². The fourth-order valence-electron chi connectivity index (χ4n) is 3.59. The molecule has 3 aromatic carbocycles. The summed E-state index contributed by atoms with van der Waals surface area (Å²) in [6.45, 7) is 0.460. The van der Waals surface area contributed by atoms with E-state index in [0.717, 1.165) is 27.8 Å². The Hall–Kier alpha value is -4.51. The summed E-state index contributed by atoms with van der Waals surface area (Å²) in [5, 5.41) is 3.81. The minimum absolute atomic E-state index is 0.188. The van der Waals surface area contributed by atoms with Crippen LogP contribution in [0.2, 0.25) is 0 Å². The van der Waals surface area contributed by atoms with Crippen LogP contribution >= 0.6 is 0 Å². The first-order chi connectivity index (χ1) is 16.3. The number of carbonyl (C=O) groups excluding carboxylic acids is 1. The molecule has 5 aromatic rings. The van der Waals surface area contributed by atoms with E-state index in [-0.39, 0.29) is 5.91 Å². The van der Waals surface area contributed by atoms with E-state index in [2.05, 4.69) is 10.3 Å². The summed E-state index contributed by atoms with van der Waals surface area (Å²) >= 11 is 0. The smallest absolute Gasteiger partial charge is 0.256 e. The lowest BCUT2D eigenvalue weighted by atomic mass is 10.0. The number of amides is 1. The van der Waals surface area contributed by atoms with Crippen LogP contribution in [0.1, 0.15) is 15.9 Å². The third-order valence-electron chi connectivity index (χ3n) is 5.28. The van der Waals surface area contributed by atoms with Crippen molar-refractivity contribution in [2.45, 2.75) is 6.61 Å². The van der Waals surface area contributed by atoms with Crippen LogP contribution in [-0.2, 0) is 6.61 Å². The number of pyridine rings is 2. The maximum Gasteiger partial charge on any atom is 0.256 e. The highest BCUT2D eigenvalue weighted by Gasteiger charge is 2.14. The van der Waals surface area contributed by atoms with Crippen LogP contribution in [0.5, 0.6) is 5.75 Å². The number of hydrogen-bond donors (Lipinski definition) is 1. The Bertz CT molecular complexity index is 1390. The van der Waals surface area contributed by atoms with Crippen molar-refractivity contribution in [1.82, 2.24) is 9.97 Å². The highest BCUT2D eigenvalue weighted by molar-refractivity contribution is 6.13. The average molecular weight is 431 g/mol. The van der Waals surface area contributed by atoms with Crippen molar-refractivity contribution in [3.63, 3.8) is 0 Å². The van der Waals surface area contributed by atoms with Crippen LogP contribution in [-0.4, -0.2) is 15.9 Å². The third-order valence-corrected chi connectivity index (χ3v) is 5.28. The van der Waals surface area contributed by atoms with Crippen LogP contribution < -0.4 is 10.1 Å². The van der Waals surface area contributed by atoms with Gasteiger partial charge in [-0.3, -0.25) is 9.78 Å². The Morgan fingerprint density at radius 2 is 1.64 bits per heavy atom. The van der Waals surface area contributed by atoms with Gasteiger partial charge in [-0.2, -0.15) is 0 Å². The van der Waals surface area contributed by atoms with Crippen LogP contribution in [0.3, 0.4) is 0 Å². The van der Waals surface area contributed by atoms with Crippen LogP contribution in [0, 0.1) is 0 Å². The van der Waals surface area contributed by atoms with Gasteiger partial charge < -0.3 is 10.1 Å². The van der Waals surface area contributed by atoms with E-state index < -0.39 is 0 Å². The summed E-state index contributed by atoms with van der Waals surface area (Å²) in [5.74, 6) is 0.635. The van der Waals surface area contributed by atoms with E-state index in [1.807, 2.05) is 97.1 Å². The number of anilines is 1. The first-order valence-electron chi connectivity index (χ1n) is 10.6. The summed E-state index contributed by atoms with van der Waals surface area (Å²) in [6.07, 6.45) is 3.46. The van der Waals surface area contributed by atoms with E-state index in [4.69, 9.17) is 9.72 Å². The SMILES string of the molecule is O=C(Nc1ccc(COc2ccccc2)cc1)c1cc(-c2cccnc2)nc2ccccc12. The lowest BCUT2D eigenvalue weighted by Crippen LogP contribution is -2.13. The molecule has 1 N–H and O–H groups in total. The minimum atomic E-state index is -0.188. The fourth-order valence-corrected chi connectivity index (χ4v) is 3.59. The molecule has 0 saturated heterocycles. The fraction of sp³-hybridized carbons (Fsp3) is 0.0357. The van der Waals surface area contributed by atoms with Crippen molar-refractivity contribution in [3.8, 4) is 17.0 Å². The summed E-state index contributed by atoms with van der Waals surface area (Å²) < 4.78 is 5.79.